The molecular formula is C8H10N2O5S. The number of ether oxygens (including phenoxy) is 1. The summed E-state index contributed by atoms with van der Waals surface area (Å²) in [7, 11) is -2.41. The molecule has 0 unspecified atom stereocenters. The molecule has 0 radical (unpaired) electrons. The molecule has 0 spiro atoms. The Balaban J connectivity index is 3.17. The van der Waals surface area contributed by atoms with Crippen molar-refractivity contribution >= 4 is 15.7 Å². The number of sulfonamides is 1. The van der Waals surface area contributed by atoms with E-state index in [4.69, 9.17) is 9.88 Å². The van der Waals surface area contributed by atoms with Gasteiger partial charge in [0.15, 0.2) is 5.75 Å². The van der Waals surface area contributed by atoms with Crippen molar-refractivity contribution in [3.05, 3.63) is 33.9 Å². The molecule has 0 heterocycles. The Kier molecular flexibility index (Phi) is 3.45. The highest BCUT2D eigenvalue weighted by Gasteiger charge is 2.16. The molecule has 0 aliphatic rings. The summed E-state index contributed by atoms with van der Waals surface area (Å²) in [5, 5.41) is 15.5. The summed E-state index contributed by atoms with van der Waals surface area (Å²) < 4.78 is 26.4. The van der Waals surface area contributed by atoms with E-state index in [1.165, 1.54) is 19.2 Å². The van der Waals surface area contributed by atoms with E-state index in [9.17, 15) is 18.5 Å². The second-order valence-electron chi connectivity index (χ2n) is 3.07. The van der Waals surface area contributed by atoms with Gasteiger partial charge in [-0.15, -0.1) is 0 Å². The van der Waals surface area contributed by atoms with Crippen LogP contribution in [0.5, 0.6) is 5.75 Å². The second-order valence-corrected chi connectivity index (χ2v) is 4.68. The van der Waals surface area contributed by atoms with Gasteiger partial charge in [-0.3, -0.25) is 10.1 Å². The molecule has 1 rings (SSSR count). The SMILES string of the molecule is COc1ccc(CS(N)(=O)=O)cc1[N+](=O)[O-]. The Labute approximate surface area is 92.0 Å². The minimum atomic E-state index is -3.70. The fourth-order valence-corrected chi connectivity index (χ4v) is 1.84. The minimum Gasteiger partial charge on any atom is -0.490 e. The van der Waals surface area contributed by atoms with Crippen molar-refractivity contribution in [3.8, 4) is 5.75 Å². The average Bonchev–Trinajstić information content (AvgIpc) is 2.15. The maximum Gasteiger partial charge on any atom is 0.311 e. The number of primary sulfonamides is 1. The summed E-state index contributed by atoms with van der Waals surface area (Å²) in [6.45, 7) is 0. The van der Waals surface area contributed by atoms with Crippen LogP contribution in [0.2, 0.25) is 0 Å². The molecule has 0 aliphatic carbocycles. The van der Waals surface area contributed by atoms with Crippen molar-refractivity contribution < 1.29 is 18.1 Å². The molecule has 0 saturated carbocycles. The van der Waals surface area contributed by atoms with E-state index in [-0.39, 0.29) is 17.0 Å². The van der Waals surface area contributed by atoms with Crippen LogP contribution in [0, 0.1) is 10.1 Å². The van der Waals surface area contributed by atoms with Crippen molar-refractivity contribution in [2.75, 3.05) is 7.11 Å². The van der Waals surface area contributed by atoms with E-state index < -0.39 is 20.7 Å². The first kappa shape index (κ1) is 12.4. The summed E-state index contributed by atoms with van der Waals surface area (Å²) in [5.41, 5.74) is -0.0429. The Morgan fingerprint density at radius 1 is 1.50 bits per heavy atom. The lowest BCUT2D eigenvalue weighted by atomic mass is 10.2. The van der Waals surface area contributed by atoms with Crippen LogP contribution < -0.4 is 9.88 Å². The van der Waals surface area contributed by atoms with E-state index in [1.54, 1.807) is 0 Å². The molecule has 1 aromatic carbocycles. The molecule has 7 nitrogen and oxygen atoms in total. The van der Waals surface area contributed by atoms with Crippen LogP contribution in [0.15, 0.2) is 18.2 Å². The van der Waals surface area contributed by atoms with Crippen molar-refractivity contribution in [1.82, 2.24) is 0 Å². The Bertz CT molecular complexity index is 511. The number of methoxy groups -OCH3 is 1. The highest BCUT2D eigenvalue weighted by molar-refractivity contribution is 7.88. The molecule has 1 aromatic rings. The van der Waals surface area contributed by atoms with E-state index in [0.717, 1.165) is 6.07 Å². The highest BCUT2D eigenvalue weighted by Crippen LogP contribution is 2.27. The predicted octanol–water partition coefficient (Wildman–Crippen LogP) is 0.392. The summed E-state index contributed by atoms with van der Waals surface area (Å²) >= 11 is 0. The topological polar surface area (TPSA) is 113 Å². The fraction of sp³-hybridized carbons (Fsp3) is 0.250. The number of nitro benzene ring substituents is 1. The van der Waals surface area contributed by atoms with Crippen LogP contribution in [0.1, 0.15) is 5.56 Å². The van der Waals surface area contributed by atoms with Crippen molar-refractivity contribution in [3.63, 3.8) is 0 Å². The zero-order valence-electron chi connectivity index (χ0n) is 8.41. The van der Waals surface area contributed by atoms with E-state index in [2.05, 4.69) is 0 Å². The third-order valence-corrected chi connectivity index (χ3v) is 2.54. The summed E-state index contributed by atoms with van der Waals surface area (Å²) in [4.78, 5) is 10.00. The molecule has 8 heteroatoms. The molecule has 16 heavy (non-hydrogen) atoms. The Morgan fingerprint density at radius 2 is 2.12 bits per heavy atom. The van der Waals surface area contributed by atoms with Gasteiger partial charge >= 0.3 is 5.69 Å². The summed E-state index contributed by atoms with van der Waals surface area (Å²) in [6, 6.07) is 3.87. The van der Waals surface area contributed by atoms with Gasteiger partial charge in [0.2, 0.25) is 10.0 Å². The predicted molar refractivity (Wildman–Crippen MR) is 56.5 cm³/mol. The van der Waals surface area contributed by atoms with E-state index in [0.29, 0.717) is 0 Å². The van der Waals surface area contributed by atoms with Gasteiger partial charge in [-0.25, -0.2) is 13.6 Å². The molecule has 0 fully saturated rings. The maximum atomic E-state index is 10.8. The van der Waals surface area contributed by atoms with Crippen molar-refractivity contribution in [2.24, 2.45) is 5.14 Å². The van der Waals surface area contributed by atoms with E-state index in [1.807, 2.05) is 0 Å². The lowest BCUT2D eigenvalue weighted by Gasteiger charge is -2.03. The molecule has 0 amide bonds. The Hall–Kier alpha value is -1.67. The first-order chi connectivity index (χ1) is 7.33. The maximum absolute atomic E-state index is 10.8. The smallest absolute Gasteiger partial charge is 0.311 e. The van der Waals surface area contributed by atoms with Gasteiger partial charge < -0.3 is 4.74 Å². The van der Waals surface area contributed by atoms with Gasteiger partial charge in [0.1, 0.15) is 0 Å². The van der Waals surface area contributed by atoms with Gasteiger partial charge in [-0.2, -0.15) is 0 Å². The third-order valence-electron chi connectivity index (χ3n) is 1.81. The number of nitrogens with two attached hydrogens (primary N) is 1. The van der Waals surface area contributed by atoms with Crippen LogP contribution in [-0.2, 0) is 15.8 Å². The largest absolute Gasteiger partial charge is 0.490 e. The Morgan fingerprint density at radius 3 is 2.56 bits per heavy atom. The van der Waals surface area contributed by atoms with Crippen LogP contribution in [-0.4, -0.2) is 20.5 Å². The lowest BCUT2D eigenvalue weighted by Crippen LogP contribution is -2.14. The number of rotatable bonds is 4. The molecule has 0 aromatic heterocycles. The van der Waals surface area contributed by atoms with Crippen molar-refractivity contribution in [2.45, 2.75) is 5.75 Å². The molecular weight excluding hydrogens is 236 g/mol. The standard InChI is InChI=1S/C8H10N2O5S/c1-15-8-3-2-6(5-16(9,13)14)4-7(8)10(11)12/h2-4H,5H2,1H3,(H2,9,13,14). The van der Waals surface area contributed by atoms with Gasteiger partial charge in [0.05, 0.1) is 17.8 Å². The molecule has 2 N–H and O–H groups in total. The zero-order valence-corrected chi connectivity index (χ0v) is 9.23. The minimum absolute atomic E-state index is 0.0724. The average molecular weight is 246 g/mol. The van der Waals surface area contributed by atoms with Crippen LogP contribution in [0.25, 0.3) is 0 Å². The summed E-state index contributed by atoms with van der Waals surface area (Å²) in [6.07, 6.45) is 0. The normalized spacial score (nSPS) is 11.1. The van der Waals surface area contributed by atoms with Crippen LogP contribution in [0.3, 0.4) is 0 Å². The highest BCUT2D eigenvalue weighted by atomic mass is 32.2. The second kappa shape index (κ2) is 4.45. The number of benzene rings is 1. The third kappa shape index (κ3) is 3.17. The molecule has 0 aliphatic heterocycles. The summed E-state index contributed by atoms with van der Waals surface area (Å²) in [5.74, 6) is -0.374. The van der Waals surface area contributed by atoms with Gasteiger partial charge in [-0.1, -0.05) is 6.07 Å². The van der Waals surface area contributed by atoms with E-state index >= 15 is 0 Å². The number of nitrogens with zero attached hydrogens (tertiary/aromatic N) is 1. The molecule has 88 valence electrons. The van der Waals surface area contributed by atoms with Crippen LogP contribution in [0.4, 0.5) is 5.69 Å². The number of nitro groups is 1. The number of hydrogen-bond donors (Lipinski definition) is 1. The molecule has 0 atom stereocenters. The quantitative estimate of drug-likeness (QED) is 0.610. The molecule has 0 saturated heterocycles. The molecule has 0 bridgehead atoms. The van der Waals surface area contributed by atoms with Gasteiger partial charge in [0, 0.05) is 6.07 Å². The van der Waals surface area contributed by atoms with Crippen LogP contribution >= 0.6 is 0 Å². The fourth-order valence-electron chi connectivity index (χ4n) is 1.20. The first-order valence-corrected chi connectivity index (χ1v) is 5.87. The first-order valence-electron chi connectivity index (χ1n) is 4.15. The van der Waals surface area contributed by atoms with Gasteiger partial charge in [-0.05, 0) is 11.6 Å². The number of hydrogen-bond acceptors (Lipinski definition) is 5. The zero-order chi connectivity index (χ0) is 12.3. The van der Waals surface area contributed by atoms with Gasteiger partial charge in [0.25, 0.3) is 0 Å². The van der Waals surface area contributed by atoms with Crippen molar-refractivity contribution in [1.29, 1.82) is 0 Å². The lowest BCUT2D eigenvalue weighted by molar-refractivity contribution is -0.385. The monoisotopic (exact) mass is 246 g/mol.